The molecule has 2 heterocycles. The summed E-state index contributed by atoms with van der Waals surface area (Å²) in [6, 6.07) is 92.1. The lowest BCUT2D eigenvalue weighted by Crippen LogP contribution is -2.11. The quantitative estimate of drug-likeness (QED) is 0.152. The van der Waals surface area contributed by atoms with E-state index in [-0.39, 0.29) is 0 Å². The van der Waals surface area contributed by atoms with Crippen molar-refractivity contribution in [2.45, 2.75) is 0 Å². The second-order valence-corrected chi connectivity index (χ2v) is 17.3. The molecule has 3 heteroatoms. The second kappa shape index (κ2) is 16.0. The first-order valence-electron chi connectivity index (χ1n) is 22.9. The van der Waals surface area contributed by atoms with Crippen molar-refractivity contribution in [1.29, 1.82) is 0 Å². The fourth-order valence-corrected chi connectivity index (χ4v) is 10.1. The maximum absolute atomic E-state index is 6.32. The highest BCUT2D eigenvalue weighted by Crippen LogP contribution is 2.45. The van der Waals surface area contributed by atoms with E-state index in [9.17, 15) is 0 Å². The first kappa shape index (κ1) is 38.5. The average molecular weight is 855 g/mol. The summed E-state index contributed by atoms with van der Waals surface area (Å²) in [5.41, 5.74) is 17.7. The Balaban J connectivity index is 0.969. The molecule has 0 N–H and O–H groups in total. The fourth-order valence-electron chi connectivity index (χ4n) is 10.1. The molecule has 0 spiro atoms. The van der Waals surface area contributed by atoms with Crippen molar-refractivity contribution >= 4 is 71.6 Å². The number of furan rings is 1. The highest BCUT2D eigenvalue weighted by Gasteiger charge is 2.21. The summed E-state index contributed by atoms with van der Waals surface area (Å²) < 4.78 is 8.73. The van der Waals surface area contributed by atoms with Gasteiger partial charge in [0.05, 0.1) is 22.4 Å². The molecule has 0 aliphatic heterocycles. The summed E-state index contributed by atoms with van der Waals surface area (Å²) >= 11 is 0. The molecule has 0 saturated carbocycles. The zero-order chi connectivity index (χ0) is 44.3. The molecular weight excluding hydrogens is 813 g/mol. The zero-order valence-electron chi connectivity index (χ0n) is 36.6. The summed E-state index contributed by atoms with van der Waals surface area (Å²) in [6.45, 7) is 0. The average Bonchev–Trinajstić information content (AvgIpc) is 3.95. The molecule has 0 bridgehead atoms. The number of fused-ring (bicyclic) bond motifs is 7. The number of hydrogen-bond donors (Lipinski definition) is 0. The number of benzene rings is 11. The molecule has 314 valence electrons. The number of anilines is 3. The maximum Gasteiger partial charge on any atom is 0.136 e. The molecule has 0 aliphatic carbocycles. The van der Waals surface area contributed by atoms with Gasteiger partial charge >= 0.3 is 0 Å². The molecule has 2 aromatic heterocycles. The molecule has 0 amide bonds. The molecular formula is C64H42N2O. The van der Waals surface area contributed by atoms with Crippen LogP contribution in [0.4, 0.5) is 17.1 Å². The zero-order valence-corrected chi connectivity index (χ0v) is 36.6. The molecule has 13 rings (SSSR count). The van der Waals surface area contributed by atoms with E-state index in [1.165, 1.54) is 43.7 Å². The molecule has 0 saturated heterocycles. The fraction of sp³-hybridized carbons (Fsp3) is 0. The van der Waals surface area contributed by atoms with E-state index < -0.39 is 0 Å². The third-order valence-electron chi connectivity index (χ3n) is 13.4. The number of aromatic nitrogens is 1. The van der Waals surface area contributed by atoms with Gasteiger partial charge in [-0.2, -0.15) is 0 Å². The molecule has 67 heavy (non-hydrogen) atoms. The lowest BCUT2D eigenvalue weighted by Gasteiger charge is -2.29. The summed E-state index contributed by atoms with van der Waals surface area (Å²) in [5.74, 6) is 0. The Morgan fingerprint density at radius 1 is 0.299 bits per heavy atom. The van der Waals surface area contributed by atoms with Gasteiger partial charge in [0.2, 0.25) is 0 Å². The van der Waals surface area contributed by atoms with Gasteiger partial charge in [0.15, 0.2) is 0 Å². The Morgan fingerprint density at radius 3 is 1.58 bits per heavy atom. The lowest BCUT2D eigenvalue weighted by atomic mass is 9.95. The minimum Gasteiger partial charge on any atom is -0.456 e. The van der Waals surface area contributed by atoms with E-state index in [0.29, 0.717) is 0 Å². The van der Waals surface area contributed by atoms with Crippen molar-refractivity contribution in [1.82, 2.24) is 4.57 Å². The van der Waals surface area contributed by atoms with Crippen LogP contribution < -0.4 is 4.90 Å². The van der Waals surface area contributed by atoms with Crippen molar-refractivity contribution in [2.24, 2.45) is 0 Å². The van der Waals surface area contributed by atoms with Gasteiger partial charge in [0, 0.05) is 44.0 Å². The molecule has 0 unspecified atom stereocenters. The van der Waals surface area contributed by atoms with Crippen molar-refractivity contribution in [3.8, 4) is 50.2 Å². The van der Waals surface area contributed by atoms with Crippen molar-refractivity contribution in [3.05, 3.63) is 255 Å². The van der Waals surface area contributed by atoms with E-state index in [4.69, 9.17) is 4.42 Å². The van der Waals surface area contributed by atoms with Gasteiger partial charge in [0.1, 0.15) is 11.2 Å². The lowest BCUT2D eigenvalue weighted by molar-refractivity contribution is 0.669. The number of rotatable bonds is 8. The van der Waals surface area contributed by atoms with Crippen LogP contribution in [0, 0.1) is 0 Å². The molecule has 11 aromatic carbocycles. The van der Waals surface area contributed by atoms with Gasteiger partial charge in [-0.15, -0.1) is 0 Å². The first-order chi connectivity index (χ1) is 33.2. The van der Waals surface area contributed by atoms with Crippen LogP contribution in [0.3, 0.4) is 0 Å². The van der Waals surface area contributed by atoms with Crippen LogP contribution in [-0.2, 0) is 0 Å². The smallest absolute Gasteiger partial charge is 0.136 e. The van der Waals surface area contributed by atoms with E-state index in [1.54, 1.807) is 0 Å². The SMILES string of the molecule is c1ccc(-c2ccc(-c3ccc4ccccc4c3)cc2N(c2ccc(-c3ccc4c(c3)oc3ccccc34)cc2)c2ccc(-c3ccccc3-n3c4ccccc4c4ccccc43)cc2)cc1. The van der Waals surface area contributed by atoms with Gasteiger partial charge in [0.25, 0.3) is 0 Å². The Bertz CT molecular complexity index is 3920. The Hall–Kier alpha value is -8.92. The molecule has 0 atom stereocenters. The number of hydrogen-bond acceptors (Lipinski definition) is 2. The highest BCUT2D eigenvalue weighted by molar-refractivity contribution is 6.10. The summed E-state index contributed by atoms with van der Waals surface area (Å²) in [7, 11) is 0. The van der Waals surface area contributed by atoms with Gasteiger partial charge in [-0.1, -0.05) is 182 Å². The van der Waals surface area contributed by atoms with E-state index in [2.05, 4.69) is 252 Å². The predicted octanol–water partition coefficient (Wildman–Crippen LogP) is 18.0. The van der Waals surface area contributed by atoms with Crippen molar-refractivity contribution < 1.29 is 4.42 Å². The van der Waals surface area contributed by atoms with Crippen LogP contribution in [0.5, 0.6) is 0 Å². The van der Waals surface area contributed by atoms with Crippen molar-refractivity contribution in [2.75, 3.05) is 4.90 Å². The summed E-state index contributed by atoms with van der Waals surface area (Å²) in [4.78, 5) is 2.42. The van der Waals surface area contributed by atoms with Gasteiger partial charge in [-0.25, -0.2) is 0 Å². The minimum absolute atomic E-state index is 0.891. The van der Waals surface area contributed by atoms with E-state index in [0.717, 1.165) is 78.1 Å². The van der Waals surface area contributed by atoms with Crippen LogP contribution in [-0.4, -0.2) is 4.57 Å². The van der Waals surface area contributed by atoms with Gasteiger partial charge in [-0.3, -0.25) is 0 Å². The predicted molar refractivity (Wildman–Crippen MR) is 282 cm³/mol. The van der Waals surface area contributed by atoms with Crippen molar-refractivity contribution in [3.63, 3.8) is 0 Å². The Morgan fingerprint density at radius 2 is 0.821 bits per heavy atom. The largest absolute Gasteiger partial charge is 0.456 e. The number of nitrogens with zero attached hydrogens (tertiary/aromatic N) is 2. The molecule has 3 nitrogen and oxygen atoms in total. The highest BCUT2D eigenvalue weighted by atomic mass is 16.3. The van der Waals surface area contributed by atoms with Gasteiger partial charge in [-0.05, 0) is 117 Å². The van der Waals surface area contributed by atoms with Crippen LogP contribution >= 0.6 is 0 Å². The normalized spacial score (nSPS) is 11.6. The monoisotopic (exact) mass is 854 g/mol. The molecule has 13 aromatic rings. The standard InChI is InChI=1S/C64H42N2O/c1-2-15-45(16-3-1)54-38-32-49(48-27-26-43-14-4-5-17-47(43)40-48)41-62(54)65(51-34-28-44(29-35-51)50-33-39-58-57-21-9-13-25-63(57)67-64(58)42-50)52-36-30-46(31-37-52)53-18-6-10-22-59(53)66-60-23-11-7-19-55(60)56-20-8-12-24-61(56)66/h1-42H. The van der Waals surface area contributed by atoms with Crippen LogP contribution in [0.1, 0.15) is 0 Å². The number of para-hydroxylation sites is 4. The van der Waals surface area contributed by atoms with Crippen LogP contribution in [0.25, 0.3) is 105 Å². The second-order valence-electron chi connectivity index (χ2n) is 17.3. The first-order valence-corrected chi connectivity index (χ1v) is 22.9. The Labute approximate surface area is 388 Å². The van der Waals surface area contributed by atoms with Crippen LogP contribution in [0.15, 0.2) is 259 Å². The third-order valence-corrected chi connectivity index (χ3v) is 13.4. The van der Waals surface area contributed by atoms with Crippen LogP contribution in [0.2, 0.25) is 0 Å². The third kappa shape index (κ3) is 6.67. The molecule has 0 fully saturated rings. The van der Waals surface area contributed by atoms with E-state index >= 15 is 0 Å². The summed E-state index contributed by atoms with van der Waals surface area (Å²) in [5, 5.41) is 7.21. The molecule has 0 aliphatic rings. The Kier molecular flexibility index (Phi) is 9.17. The van der Waals surface area contributed by atoms with Gasteiger partial charge < -0.3 is 13.9 Å². The maximum atomic E-state index is 6.32. The minimum atomic E-state index is 0.891. The van der Waals surface area contributed by atoms with E-state index in [1.807, 2.05) is 12.1 Å². The summed E-state index contributed by atoms with van der Waals surface area (Å²) in [6.07, 6.45) is 0. The molecule has 0 radical (unpaired) electrons. The topological polar surface area (TPSA) is 21.3 Å².